The van der Waals surface area contributed by atoms with Crippen LogP contribution in [0.1, 0.15) is 11.1 Å². The van der Waals surface area contributed by atoms with Gasteiger partial charge in [0.05, 0.1) is 14.2 Å². The van der Waals surface area contributed by atoms with Crippen LogP contribution >= 0.6 is 0 Å². The Labute approximate surface area is 252 Å². The molecule has 6 N–H and O–H groups in total. The lowest BCUT2D eigenvalue weighted by atomic mass is 10.1. The van der Waals surface area contributed by atoms with E-state index < -0.39 is 36.1 Å². The lowest BCUT2D eigenvalue weighted by Gasteiger charge is -2.18. The van der Waals surface area contributed by atoms with E-state index in [2.05, 4.69) is 31.2 Å². The monoisotopic (exact) mass is 596 g/mol. The summed E-state index contributed by atoms with van der Waals surface area (Å²) in [5, 5.41) is 12.6. The number of hydrogen-bond donors (Lipinski definition) is 6. The van der Waals surface area contributed by atoms with Gasteiger partial charge < -0.3 is 40.7 Å². The van der Waals surface area contributed by atoms with Crippen LogP contribution in [0.5, 0.6) is 0 Å². The van der Waals surface area contributed by atoms with Gasteiger partial charge in [-0.15, -0.1) is 0 Å². The Kier molecular flexibility index (Phi) is 9.09. The highest BCUT2D eigenvalue weighted by Crippen LogP contribution is 2.21. The van der Waals surface area contributed by atoms with Crippen LogP contribution in [0.25, 0.3) is 21.8 Å². The largest absolute Gasteiger partial charge is 0.467 e. The molecule has 2 atom stereocenters. The van der Waals surface area contributed by atoms with Crippen molar-refractivity contribution in [3.8, 4) is 0 Å². The highest BCUT2D eigenvalue weighted by molar-refractivity contribution is 5.95. The molecule has 5 aromatic rings. The Morgan fingerprint density at radius 3 is 1.39 bits per heavy atom. The molecule has 12 nitrogen and oxygen atoms in total. The molecule has 0 aliphatic rings. The number of methoxy groups -OCH3 is 2. The summed E-state index contributed by atoms with van der Waals surface area (Å²) in [5.41, 5.74) is 4.43. The SMILES string of the molecule is COC(=O)[C@H](Cc1c[nH]c2ccccc12)NC(=O)Nc1ccc(NC(=O)N[C@@H](Cc2c[nH]c3ccccc23)C(=O)OC)cc1. The van der Waals surface area contributed by atoms with Crippen LogP contribution in [-0.2, 0) is 31.9 Å². The third-order valence-electron chi connectivity index (χ3n) is 7.18. The zero-order valence-electron chi connectivity index (χ0n) is 24.1. The second-order valence-electron chi connectivity index (χ2n) is 10.1. The third kappa shape index (κ3) is 6.98. The number of urea groups is 2. The van der Waals surface area contributed by atoms with Gasteiger partial charge in [0.15, 0.2) is 0 Å². The summed E-state index contributed by atoms with van der Waals surface area (Å²) >= 11 is 0. The number of benzene rings is 3. The van der Waals surface area contributed by atoms with Gasteiger partial charge in [-0.05, 0) is 47.5 Å². The number of rotatable bonds is 10. The highest BCUT2D eigenvalue weighted by atomic mass is 16.5. The van der Waals surface area contributed by atoms with Crippen molar-refractivity contribution in [1.29, 1.82) is 0 Å². The minimum absolute atomic E-state index is 0.231. The molecule has 0 saturated carbocycles. The van der Waals surface area contributed by atoms with Crippen molar-refractivity contribution in [2.45, 2.75) is 24.9 Å². The van der Waals surface area contributed by atoms with Crippen molar-refractivity contribution < 1.29 is 28.7 Å². The van der Waals surface area contributed by atoms with Crippen molar-refractivity contribution in [2.75, 3.05) is 24.9 Å². The van der Waals surface area contributed by atoms with Gasteiger partial charge in [0.25, 0.3) is 0 Å². The Morgan fingerprint density at radius 1 is 0.614 bits per heavy atom. The normalized spacial score (nSPS) is 12.2. The van der Waals surface area contributed by atoms with Crippen LogP contribution in [0.2, 0.25) is 0 Å². The number of nitrogens with one attached hydrogen (secondary N) is 6. The summed E-state index contributed by atoms with van der Waals surface area (Å²) in [7, 11) is 2.53. The van der Waals surface area contributed by atoms with Gasteiger partial charge in [0.2, 0.25) is 0 Å². The van der Waals surface area contributed by atoms with Crippen molar-refractivity contribution in [3.05, 3.63) is 96.3 Å². The standard InChI is InChI=1S/C32H32N6O6/c1-43-29(39)27(15-19-17-33-25-9-5-3-7-23(19)25)37-31(41)35-21-11-13-22(14-12-21)36-32(42)38-28(30(40)44-2)16-20-18-34-26-10-6-4-8-24(20)26/h3-14,17-18,27-28,33-34H,15-16H2,1-2H3,(H2,35,37,41)(H2,36,38,42)/t27-,28-/m0/s1. The first-order chi connectivity index (χ1) is 21.3. The average Bonchev–Trinajstić information content (AvgIpc) is 3.64. The number of aromatic nitrogens is 2. The van der Waals surface area contributed by atoms with Crippen LogP contribution in [0.3, 0.4) is 0 Å². The molecule has 226 valence electrons. The lowest BCUT2D eigenvalue weighted by molar-refractivity contribution is -0.143. The number of para-hydroxylation sites is 2. The molecule has 2 heterocycles. The Bertz CT molecular complexity index is 1660. The quantitative estimate of drug-likeness (QED) is 0.130. The van der Waals surface area contributed by atoms with Gasteiger partial charge in [-0.3, -0.25) is 0 Å². The first kappa shape index (κ1) is 29.7. The summed E-state index contributed by atoms with van der Waals surface area (Å²) < 4.78 is 9.81. The molecule has 0 bridgehead atoms. The molecule has 0 fully saturated rings. The maximum absolute atomic E-state index is 12.8. The number of carbonyl (C=O) groups is 4. The fourth-order valence-electron chi connectivity index (χ4n) is 5.00. The van der Waals surface area contributed by atoms with Crippen LogP contribution in [-0.4, -0.2) is 60.3 Å². The van der Waals surface area contributed by atoms with Crippen molar-refractivity contribution in [3.63, 3.8) is 0 Å². The molecule has 0 radical (unpaired) electrons. The zero-order chi connectivity index (χ0) is 31.1. The maximum atomic E-state index is 12.8. The molecular weight excluding hydrogens is 564 g/mol. The number of esters is 2. The fourth-order valence-corrected chi connectivity index (χ4v) is 5.00. The Balaban J connectivity index is 1.17. The Hall–Kier alpha value is -5.78. The van der Waals surface area contributed by atoms with Gasteiger partial charge in [-0.25, -0.2) is 19.2 Å². The molecule has 0 aliphatic heterocycles. The number of anilines is 2. The molecule has 2 aromatic heterocycles. The molecule has 5 rings (SSSR count). The lowest BCUT2D eigenvalue weighted by Crippen LogP contribution is -2.45. The van der Waals surface area contributed by atoms with Crippen molar-refractivity contribution in [2.24, 2.45) is 0 Å². The first-order valence-corrected chi connectivity index (χ1v) is 13.9. The molecule has 44 heavy (non-hydrogen) atoms. The molecule has 0 spiro atoms. The summed E-state index contributed by atoms with van der Waals surface area (Å²) in [5.74, 6) is -1.16. The predicted molar refractivity (Wildman–Crippen MR) is 166 cm³/mol. The van der Waals surface area contributed by atoms with Gasteiger partial charge >= 0.3 is 24.0 Å². The first-order valence-electron chi connectivity index (χ1n) is 13.9. The van der Waals surface area contributed by atoms with E-state index in [-0.39, 0.29) is 12.8 Å². The second kappa shape index (κ2) is 13.5. The van der Waals surface area contributed by atoms with Crippen LogP contribution in [0.15, 0.2) is 85.2 Å². The molecule has 3 aromatic carbocycles. The number of ether oxygens (including phenoxy) is 2. The van der Waals surface area contributed by atoms with Crippen LogP contribution < -0.4 is 21.3 Å². The van der Waals surface area contributed by atoms with E-state index in [1.807, 2.05) is 48.5 Å². The highest BCUT2D eigenvalue weighted by Gasteiger charge is 2.25. The van der Waals surface area contributed by atoms with E-state index in [4.69, 9.17) is 9.47 Å². The summed E-state index contributed by atoms with van der Waals surface area (Å²) in [6, 6.07) is 18.7. The van der Waals surface area contributed by atoms with Gasteiger partial charge in [0.1, 0.15) is 12.1 Å². The Morgan fingerprint density at radius 2 is 1.00 bits per heavy atom. The van der Waals surface area contributed by atoms with Gasteiger partial charge in [-0.2, -0.15) is 0 Å². The van der Waals surface area contributed by atoms with E-state index >= 15 is 0 Å². The van der Waals surface area contributed by atoms with Gasteiger partial charge in [0, 0.05) is 58.4 Å². The van der Waals surface area contributed by atoms with E-state index in [0.29, 0.717) is 11.4 Å². The molecule has 0 aliphatic carbocycles. The van der Waals surface area contributed by atoms with E-state index in [9.17, 15) is 19.2 Å². The number of hydrogen-bond acceptors (Lipinski definition) is 6. The molecular formula is C32H32N6O6. The van der Waals surface area contributed by atoms with Crippen molar-refractivity contribution >= 4 is 57.2 Å². The minimum atomic E-state index is -0.921. The number of fused-ring (bicyclic) bond motifs is 2. The second-order valence-corrected chi connectivity index (χ2v) is 10.1. The van der Waals surface area contributed by atoms with E-state index in [1.54, 1.807) is 36.7 Å². The summed E-state index contributed by atoms with van der Waals surface area (Å²) in [6.45, 7) is 0. The minimum Gasteiger partial charge on any atom is -0.467 e. The fraction of sp³-hybridized carbons (Fsp3) is 0.188. The number of carbonyl (C=O) groups excluding carboxylic acids is 4. The predicted octanol–water partition coefficient (Wildman–Crippen LogP) is 4.46. The number of aromatic amines is 2. The summed E-state index contributed by atoms with van der Waals surface area (Å²) in [6.07, 6.45) is 4.07. The molecule has 4 amide bonds. The third-order valence-corrected chi connectivity index (χ3v) is 7.18. The molecule has 12 heteroatoms. The van der Waals surface area contributed by atoms with Crippen LogP contribution in [0, 0.1) is 0 Å². The van der Waals surface area contributed by atoms with Crippen molar-refractivity contribution in [1.82, 2.24) is 20.6 Å². The number of amides is 4. The summed E-state index contributed by atoms with van der Waals surface area (Å²) in [4.78, 5) is 56.7. The zero-order valence-corrected chi connectivity index (χ0v) is 24.1. The van der Waals surface area contributed by atoms with Crippen LogP contribution in [0.4, 0.5) is 21.0 Å². The molecule has 0 unspecified atom stereocenters. The van der Waals surface area contributed by atoms with Gasteiger partial charge in [-0.1, -0.05) is 36.4 Å². The van der Waals surface area contributed by atoms with E-state index in [1.165, 1.54) is 14.2 Å². The maximum Gasteiger partial charge on any atom is 0.328 e. The number of H-pyrrole nitrogens is 2. The smallest absolute Gasteiger partial charge is 0.328 e. The topological polar surface area (TPSA) is 166 Å². The average molecular weight is 597 g/mol. The molecule has 0 saturated heterocycles. The van der Waals surface area contributed by atoms with E-state index in [0.717, 1.165) is 32.9 Å².